The normalized spacial score (nSPS) is 16.8. The smallest absolute Gasteiger partial charge is 0.325 e. The number of ether oxygens (including phenoxy) is 2. The quantitative estimate of drug-likeness (QED) is 0.845. The van der Waals surface area contributed by atoms with E-state index in [0.29, 0.717) is 43.3 Å². The Labute approximate surface area is 150 Å². The minimum atomic E-state index is -1.04. The maximum atomic E-state index is 13.7. The molecule has 0 spiro atoms. The molecule has 1 aromatic heterocycles. The molecule has 26 heavy (non-hydrogen) atoms. The Hall–Kier alpha value is -2.74. The van der Waals surface area contributed by atoms with Crippen LogP contribution in [0.2, 0.25) is 0 Å². The number of benzene rings is 1. The summed E-state index contributed by atoms with van der Waals surface area (Å²) < 4.78 is 24.6. The Morgan fingerprint density at radius 2 is 2.00 bits per heavy atom. The van der Waals surface area contributed by atoms with Gasteiger partial charge in [-0.3, -0.25) is 9.69 Å². The number of carbonyl (C=O) groups is 1. The molecule has 138 valence electrons. The van der Waals surface area contributed by atoms with E-state index in [1.54, 1.807) is 23.4 Å². The molecule has 0 radical (unpaired) electrons. The van der Waals surface area contributed by atoms with E-state index in [2.05, 4.69) is 9.97 Å². The molecule has 7 nitrogen and oxygen atoms in total. The lowest BCUT2D eigenvalue weighted by Crippen LogP contribution is -2.43. The minimum absolute atomic E-state index is 0.0856. The van der Waals surface area contributed by atoms with Crippen LogP contribution in [0.3, 0.4) is 0 Å². The molecule has 3 rings (SSSR count). The number of aliphatic carboxylic acids is 1. The summed E-state index contributed by atoms with van der Waals surface area (Å²) in [5.41, 5.74) is 0.311. The van der Waals surface area contributed by atoms with Crippen molar-refractivity contribution in [2.24, 2.45) is 0 Å². The van der Waals surface area contributed by atoms with Crippen molar-refractivity contribution in [2.45, 2.75) is 25.0 Å². The lowest BCUT2D eigenvalue weighted by atomic mass is 9.99. The molecule has 0 amide bonds. The van der Waals surface area contributed by atoms with Gasteiger partial charge in [0.05, 0.1) is 7.11 Å². The Morgan fingerprint density at radius 1 is 1.31 bits per heavy atom. The number of carboxylic acid groups (broad SMARTS) is 1. The van der Waals surface area contributed by atoms with Gasteiger partial charge in [0, 0.05) is 31.0 Å². The van der Waals surface area contributed by atoms with E-state index in [4.69, 9.17) is 9.47 Å². The standard InChI is InChI=1S/C18H20FN3O4/c1-25-15-4-3-12(19)11-14(15)16(17(23)24)22-9-5-13(6-10-22)26-18-20-7-2-8-21-18/h2-4,7-8,11,13,16H,5-6,9-10H2,1H3,(H,23,24). The third kappa shape index (κ3) is 4.08. The van der Waals surface area contributed by atoms with Crippen LogP contribution in [-0.2, 0) is 4.79 Å². The van der Waals surface area contributed by atoms with Crippen LogP contribution in [0.15, 0.2) is 36.7 Å². The van der Waals surface area contributed by atoms with Crippen molar-refractivity contribution in [3.8, 4) is 11.8 Å². The van der Waals surface area contributed by atoms with E-state index in [1.807, 2.05) is 0 Å². The van der Waals surface area contributed by atoms with Crippen LogP contribution in [0.4, 0.5) is 4.39 Å². The number of rotatable bonds is 6. The van der Waals surface area contributed by atoms with Crippen molar-refractivity contribution in [3.05, 3.63) is 48.0 Å². The van der Waals surface area contributed by atoms with Crippen molar-refractivity contribution in [3.63, 3.8) is 0 Å². The zero-order valence-corrected chi connectivity index (χ0v) is 14.3. The molecule has 0 saturated carbocycles. The minimum Gasteiger partial charge on any atom is -0.496 e. The molecule has 0 aliphatic carbocycles. The summed E-state index contributed by atoms with van der Waals surface area (Å²) in [6, 6.07) is 4.96. The van der Waals surface area contributed by atoms with Gasteiger partial charge in [-0.05, 0) is 37.1 Å². The molecule has 2 heterocycles. The summed E-state index contributed by atoms with van der Waals surface area (Å²) in [7, 11) is 1.44. The number of halogens is 1. The van der Waals surface area contributed by atoms with E-state index in [0.717, 1.165) is 0 Å². The van der Waals surface area contributed by atoms with Crippen LogP contribution >= 0.6 is 0 Å². The average molecular weight is 361 g/mol. The molecule has 1 fully saturated rings. The van der Waals surface area contributed by atoms with Gasteiger partial charge < -0.3 is 14.6 Å². The molecule has 0 bridgehead atoms. The van der Waals surface area contributed by atoms with Crippen LogP contribution in [-0.4, -0.2) is 52.2 Å². The van der Waals surface area contributed by atoms with Gasteiger partial charge in [-0.25, -0.2) is 14.4 Å². The van der Waals surface area contributed by atoms with Crippen molar-refractivity contribution in [2.75, 3.05) is 20.2 Å². The highest BCUT2D eigenvalue weighted by Crippen LogP contribution is 2.32. The van der Waals surface area contributed by atoms with Crippen molar-refractivity contribution in [1.29, 1.82) is 0 Å². The van der Waals surface area contributed by atoms with Crippen molar-refractivity contribution >= 4 is 5.97 Å². The SMILES string of the molecule is COc1ccc(F)cc1C(C(=O)O)N1CCC(Oc2ncccn2)CC1. The lowest BCUT2D eigenvalue weighted by molar-refractivity contribution is -0.144. The first-order valence-electron chi connectivity index (χ1n) is 8.32. The number of carboxylic acids is 1. The Morgan fingerprint density at radius 3 is 2.62 bits per heavy atom. The Balaban J connectivity index is 1.71. The molecule has 1 aliphatic rings. The first-order valence-corrected chi connectivity index (χ1v) is 8.32. The van der Waals surface area contributed by atoms with Gasteiger partial charge in [0.15, 0.2) is 0 Å². The number of nitrogens with zero attached hydrogens (tertiary/aromatic N) is 3. The zero-order chi connectivity index (χ0) is 18.5. The summed E-state index contributed by atoms with van der Waals surface area (Å²) in [6.07, 6.45) is 4.37. The molecule has 1 aliphatic heterocycles. The van der Waals surface area contributed by atoms with Crippen LogP contribution in [0.1, 0.15) is 24.4 Å². The summed E-state index contributed by atoms with van der Waals surface area (Å²) in [4.78, 5) is 21.7. The lowest BCUT2D eigenvalue weighted by Gasteiger charge is -2.35. The maximum Gasteiger partial charge on any atom is 0.325 e. The van der Waals surface area contributed by atoms with E-state index in [9.17, 15) is 14.3 Å². The Bertz CT molecular complexity index is 751. The van der Waals surface area contributed by atoms with Gasteiger partial charge in [-0.1, -0.05) is 0 Å². The van der Waals surface area contributed by atoms with Gasteiger partial charge in [0.25, 0.3) is 0 Å². The summed E-state index contributed by atoms with van der Waals surface area (Å²) in [6.45, 7) is 0.988. The van der Waals surface area contributed by atoms with Crippen molar-refractivity contribution < 1.29 is 23.8 Å². The number of piperidine rings is 1. The van der Waals surface area contributed by atoms with E-state index in [1.165, 1.54) is 25.3 Å². The molecule has 1 saturated heterocycles. The van der Waals surface area contributed by atoms with Crippen LogP contribution in [0.5, 0.6) is 11.8 Å². The van der Waals surface area contributed by atoms with Crippen LogP contribution in [0, 0.1) is 5.82 Å². The van der Waals surface area contributed by atoms with Crippen LogP contribution < -0.4 is 9.47 Å². The molecular formula is C18H20FN3O4. The predicted molar refractivity (Wildman–Crippen MR) is 90.6 cm³/mol. The fourth-order valence-electron chi connectivity index (χ4n) is 3.15. The second kappa shape index (κ2) is 8.09. The average Bonchev–Trinajstić information content (AvgIpc) is 2.64. The first-order chi connectivity index (χ1) is 12.6. The molecule has 8 heteroatoms. The van der Waals surface area contributed by atoms with Crippen molar-refractivity contribution in [1.82, 2.24) is 14.9 Å². The predicted octanol–water partition coefficient (Wildman–Crippen LogP) is 2.29. The highest BCUT2D eigenvalue weighted by molar-refractivity contribution is 5.76. The fraction of sp³-hybridized carbons (Fsp3) is 0.389. The zero-order valence-electron chi connectivity index (χ0n) is 14.3. The Kier molecular flexibility index (Phi) is 5.62. The number of aromatic nitrogens is 2. The van der Waals surface area contributed by atoms with Gasteiger partial charge >= 0.3 is 12.0 Å². The monoisotopic (exact) mass is 361 g/mol. The molecule has 1 unspecified atom stereocenters. The largest absolute Gasteiger partial charge is 0.496 e. The summed E-state index contributed by atoms with van der Waals surface area (Å²) in [5.74, 6) is -1.18. The number of methoxy groups -OCH3 is 1. The van der Waals surface area contributed by atoms with Gasteiger partial charge in [0.1, 0.15) is 23.7 Å². The summed E-state index contributed by atoms with van der Waals surface area (Å²) in [5, 5.41) is 9.72. The third-order valence-corrected chi connectivity index (χ3v) is 4.38. The molecule has 1 N–H and O–H groups in total. The molecular weight excluding hydrogens is 341 g/mol. The fourth-order valence-corrected chi connectivity index (χ4v) is 3.15. The number of hydrogen-bond acceptors (Lipinski definition) is 6. The van der Waals surface area contributed by atoms with Gasteiger partial charge in [-0.2, -0.15) is 0 Å². The molecule has 1 atom stereocenters. The topological polar surface area (TPSA) is 84.8 Å². The third-order valence-electron chi connectivity index (χ3n) is 4.38. The van der Waals surface area contributed by atoms with E-state index < -0.39 is 17.8 Å². The second-order valence-corrected chi connectivity index (χ2v) is 6.01. The van der Waals surface area contributed by atoms with Gasteiger partial charge in [-0.15, -0.1) is 0 Å². The van der Waals surface area contributed by atoms with E-state index in [-0.39, 0.29) is 6.10 Å². The second-order valence-electron chi connectivity index (χ2n) is 6.01. The molecule has 2 aromatic rings. The number of likely N-dealkylation sites (tertiary alicyclic amines) is 1. The highest BCUT2D eigenvalue weighted by Gasteiger charge is 2.33. The van der Waals surface area contributed by atoms with Gasteiger partial charge in [0.2, 0.25) is 0 Å². The van der Waals surface area contributed by atoms with Crippen LogP contribution in [0.25, 0.3) is 0 Å². The van der Waals surface area contributed by atoms with E-state index >= 15 is 0 Å². The first kappa shape index (κ1) is 18.1. The summed E-state index contributed by atoms with van der Waals surface area (Å²) >= 11 is 0. The number of hydrogen-bond donors (Lipinski definition) is 1. The maximum absolute atomic E-state index is 13.7. The highest BCUT2D eigenvalue weighted by atomic mass is 19.1. The molecule has 1 aromatic carbocycles.